The van der Waals surface area contributed by atoms with Gasteiger partial charge in [-0.3, -0.25) is 0 Å². The smallest absolute Gasteiger partial charge is 0.0257 e. The normalized spacial score (nSPS) is 11.2. The van der Waals surface area contributed by atoms with Crippen LogP contribution in [-0.4, -0.2) is 5.88 Å². The van der Waals surface area contributed by atoms with E-state index >= 15 is 0 Å². The lowest BCUT2D eigenvalue weighted by Gasteiger charge is -1.95. The molecule has 0 nitrogen and oxygen atoms in total. The Labute approximate surface area is 82.0 Å². The van der Waals surface area contributed by atoms with E-state index in [0.29, 0.717) is 0 Å². The molecule has 0 saturated heterocycles. The van der Waals surface area contributed by atoms with Crippen LogP contribution < -0.4 is 0 Å². The molecule has 0 N–H and O–H groups in total. The van der Waals surface area contributed by atoms with Gasteiger partial charge in [0.2, 0.25) is 0 Å². The molecule has 0 aliphatic heterocycles. The first-order valence-corrected chi connectivity index (χ1v) is 5.66. The lowest BCUT2D eigenvalue weighted by atomic mass is 10.1. The van der Waals surface area contributed by atoms with Crippen molar-refractivity contribution in [2.75, 3.05) is 5.88 Å². The Kier molecular flexibility index (Phi) is 11.1. The van der Waals surface area contributed by atoms with E-state index in [-0.39, 0.29) is 0 Å². The number of alkyl halides is 1. The van der Waals surface area contributed by atoms with Crippen LogP contribution in [0.25, 0.3) is 0 Å². The average Bonchev–Trinajstić information content (AvgIpc) is 2.10. The zero-order valence-electron chi connectivity index (χ0n) is 8.19. The molecule has 0 atom stereocenters. The third kappa shape index (κ3) is 10.0. The molecule has 0 radical (unpaired) electrons. The van der Waals surface area contributed by atoms with Gasteiger partial charge in [0.25, 0.3) is 0 Å². The van der Waals surface area contributed by atoms with Crippen LogP contribution in [0.5, 0.6) is 0 Å². The fraction of sp³-hybridized carbons (Fsp3) is 0.818. The Morgan fingerprint density at radius 1 is 0.917 bits per heavy atom. The molecule has 1 heteroatoms. The van der Waals surface area contributed by atoms with Gasteiger partial charge >= 0.3 is 0 Å². The Morgan fingerprint density at radius 3 is 2.25 bits per heavy atom. The van der Waals surface area contributed by atoms with Gasteiger partial charge in [0.1, 0.15) is 0 Å². The number of allylic oxidation sites excluding steroid dienone is 2. The van der Waals surface area contributed by atoms with Crippen molar-refractivity contribution >= 4 is 11.6 Å². The highest BCUT2D eigenvalue weighted by atomic mass is 35.5. The highest BCUT2D eigenvalue weighted by molar-refractivity contribution is 6.17. The van der Waals surface area contributed by atoms with Crippen LogP contribution in [0.1, 0.15) is 51.9 Å². The predicted molar refractivity (Wildman–Crippen MR) is 57.9 cm³/mol. The number of hydrogen-bond acceptors (Lipinski definition) is 0. The first-order valence-electron chi connectivity index (χ1n) is 5.12. The van der Waals surface area contributed by atoms with Gasteiger partial charge in [0.05, 0.1) is 0 Å². The largest absolute Gasteiger partial charge is 0.126 e. The molecule has 0 unspecified atom stereocenters. The Bertz CT molecular complexity index is 97.2. The topological polar surface area (TPSA) is 0 Å². The summed E-state index contributed by atoms with van der Waals surface area (Å²) >= 11 is 5.53. The molecule has 12 heavy (non-hydrogen) atoms. The molecule has 0 bridgehead atoms. The van der Waals surface area contributed by atoms with Gasteiger partial charge in [-0.25, -0.2) is 0 Å². The number of rotatable bonds is 8. The van der Waals surface area contributed by atoms with Gasteiger partial charge in [-0.1, -0.05) is 44.8 Å². The molecule has 0 aliphatic carbocycles. The van der Waals surface area contributed by atoms with Crippen LogP contribution in [-0.2, 0) is 0 Å². The summed E-state index contributed by atoms with van der Waals surface area (Å²) in [6.45, 7) is 2.25. The molecule has 0 spiro atoms. The average molecular weight is 189 g/mol. The second-order valence-corrected chi connectivity index (χ2v) is 3.53. The molecule has 0 aromatic carbocycles. The van der Waals surface area contributed by atoms with E-state index < -0.39 is 0 Å². The lowest BCUT2D eigenvalue weighted by Crippen LogP contribution is -1.76. The van der Waals surface area contributed by atoms with Crippen molar-refractivity contribution in [3.05, 3.63) is 12.2 Å². The van der Waals surface area contributed by atoms with E-state index in [1.165, 1.54) is 38.5 Å². The maximum atomic E-state index is 5.53. The molecular formula is C11H21Cl. The molecule has 72 valence electrons. The summed E-state index contributed by atoms with van der Waals surface area (Å²) in [5.41, 5.74) is 0. The van der Waals surface area contributed by atoms with Gasteiger partial charge in [-0.2, -0.15) is 0 Å². The predicted octanol–water partition coefficient (Wildman–Crippen LogP) is 4.53. The first kappa shape index (κ1) is 12.0. The summed E-state index contributed by atoms with van der Waals surface area (Å²) < 4.78 is 0. The van der Waals surface area contributed by atoms with Crippen molar-refractivity contribution in [3.8, 4) is 0 Å². The third-order valence-corrected chi connectivity index (χ3v) is 2.14. The minimum absolute atomic E-state index is 0.756. The van der Waals surface area contributed by atoms with Crippen LogP contribution in [0.2, 0.25) is 0 Å². The van der Waals surface area contributed by atoms with Crippen molar-refractivity contribution in [2.24, 2.45) is 0 Å². The van der Waals surface area contributed by atoms with Crippen LogP contribution in [0.3, 0.4) is 0 Å². The summed E-state index contributed by atoms with van der Waals surface area (Å²) in [6.07, 6.45) is 13.6. The second kappa shape index (κ2) is 11.0. The summed E-state index contributed by atoms with van der Waals surface area (Å²) in [6, 6.07) is 0. The highest BCUT2D eigenvalue weighted by Crippen LogP contribution is 2.05. The molecule has 0 heterocycles. The van der Waals surface area contributed by atoms with E-state index in [4.69, 9.17) is 11.6 Å². The monoisotopic (exact) mass is 188 g/mol. The van der Waals surface area contributed by atoms with Crippen LogP contribution in [0, 0.1) is 0 Å². The Morgan fingerprint density at radius 2 is 1.58 bits per heavy atom. The minimum atomic E-state index is 0.756. The lowest BCUT2D eigenvalue weighted by molar-refractivity contribution is 0.637. The molecular weight excluding hydrogens is 168 g/mol. The zero-order valence-corrected chi connectivity index (χ0v) is 8.95. The van der Waals surface area contributed by atoms with Crippen molar-refractivity contribution < 1.29 is 0 Å². The van der Waals surface area contributed by atoms with Gasteiger partial charge in [0, 0.05) is 5.88 Å². The quantitative estimate of drug-likeness (QED) is 0.298. The van der Waals surface area contributed by atoms with Crippen molar-refractivity contribution in [3.63, 3.8) is 0 Å². The van der Waals surface area contributed by atoms with E-state index in [1.807, 2.05) is 0 Å². The maximum absolute atomic E-state index is 5.53. The van der Waals surface area contributed by atoms with Gasteiger partial charge in [-0.05, 0) is 19.3 Å². The Balaban J connectivity index is 2.90. The number of unbranched alkanes of at least 4 members (excludes halogenated alkanes) is 5. The summed E-state index contributed by atoms with van der Waals surface area (Å²) in [5, 5.41) is 0. The zero-order chi connectivity index (χ0) is 9.07. The van der Waals surface area contributed by atoms with Crippen molar-refractivity contribution in [2.45, 2.75) is 51.9 Å². The number of hydrogen-bond donors (Lipinski definition) is 0. The number of halogens is 1. The first-order chi connectivity index (χ1) is 5.91. The molecule has 0 rings (SSSR count). The van der Waals surface area contributed by atoms with Crippen molar-refractivity contribution in [1.29, 1.82) is 0 Å². The molecule has 0 saturated carbocycles. The highest BCUT2D eigenvalue weighted by Gasteiger charge is 1.85. The molecule has 0 fully saturated rings. The summed E-state index contributed by atoms with van der Waals surface area (Å²) in [4.78, 5) is 0. The Hall–Kier alpha value is 0.0300. The van der Waals surface area contributed by atoms with Crippen molar-refractivity contribution in [1.82, 2.24) is 0 Å². The summed E-state index contributed by atoms with van der Waals surface area (Å²) in [5.74, 6) is 0.756. The van der Waals surface area contributed by atoms with E-state index in [0.717, 1.165) is 12.3 Å². The van der Waals surface area contributed by atoms with Crippen LogP contribution in [0.4, 0.5) is 0 Å². The molecule has 0 aromatic heterocycles. The van der Waals surface area contributed by atoms with Gasteiger partial charge in [-0.15, -0.1) is 11.6 Å². The van der Waals surface area contributed by atoms with Gasteiger partial charge in [0.15, 0.2) is 0 Å². The fourth-order valence-corrected chi connectivity index (χ4v) is 1.29. The SMILES string of the molecule is CCCCCCC/C=C/CCCl. The van der Waals surface area contributed by atoms with E-state index in [1.54, 1.807) is 0 Å². The second-order valence-electron chi connectivity index (χ2n) is 3.15. The van der Waals surface area contributed by atoms with Crippen LogP contribution in [0.15, 0.2) is 12.2 Å². The molecule has 0 amide bonds. The van der Waals surface area contributed by atoms with Crippen LogP contribution >= 0.6 is 11.6 Å². The van der Waals surface area contributed by atoms with E-state index in [9.17, 15) is 0 Å². The standard InChI is InChI=1S/C11H21Cl/c1-2-3-4-5-6-7-8-9-10-11-12/h8-9H,2-7,10-11H2,1H3/b9-8+. The minimum Gasteiger partial charge on any atom is -0.126 e. The molecule has 0 aromatic rings. The maximum Gasteiger partial charge on any atom is 0.0257 e. The molecule has 0 aliphatic rings. The fourth-order valence-electron chi connectivity index (χ4n) is 1.16. The third-order valence-electron chi connectivity index (χ3n) is 1.92. The van der Waals surface area contributed by atoms with E-state index in [2.05, 4.69) is 19.1 Å². The van der Waals surface area contributed by atoms with Gasteiger partial charge < -0.3 is 0 Å². The summed E-state index contributed by atoms with van der Waals surface area (Å²) in [7, 11) is 0.